The van der Waals surface area contributed by atoms with Crippen molar-refractivity contribution in [3.8, 4) is 0 Å². The highest BCUT2D eigenvalue weighted by Gasteiger charge is 2.22. The van der Waals surface area contributed by atoms with E-state index in [4.69, 9.17) is 5.11 Å². The van der Waals surface area contributed by atoms with Gasteiger partial charge in [0.1, 0.15) is 6.61 Å². The maximum absolute atomic E-state index is 11.2. The summed E-state index contributed by atoms with van der Waals surface area (Å²) in [6.07, 6.45) is 2.03. The Morgan fingerprint density at radius 1 is 1.54 bits per heavy atom. The van der Waals surface area contributed by atoms with Gasteiger partial charge in [-0.25, -0.2) is 0 Å². The van der Waals surface area contributed by atoms with Crippen molar-refractivity contribution in [2.75, 3.05) is 33.8 Å². The predicted octanol–water partition coefficient (Wildman–Crippen LogP) is -0.469. The summed E-state index contributed by atoms with van der Waals surface area (Å²) in [6, 6.07) is 0.316. The molecule has 1 aliphatic rings. The van der Waals surface area contributed by atoms with E-state index in [-0.39, 0.29) is 12.5 Å². The topological polar surface area (TPSA) is 43.8 Å². The van der Waals surface area contributed by atoms with E-state index in [1.165, 1.54) is 0 Å². The van der Waals surface area contributed by atoms with Crippen LogP contribution in [0.5, 0.6) is 0 Å². The minimum absolute atomic E-state index is 0.172. The molecule has 0 aliphatic carbocycles. The molecule has 0 saturated carbocycles. The molecule has 1 rings (SSSR count). The number of carbonyl (C=O) groups excluding carboxylic acids is 1. The van der Waals surface area contributed by atoms with Crippen LogP contribution in [0.4, 0.5) is 0 Å². The largest absolute Gasteiger partial charge is 0.387 e. The smallest absolute Gasteiger partial charge is 0.248 e. The summed E-state index contributed by atoms with van der Waals surface area (Å²) in [5.74, 6) is -0.172. The summed E-state index contributed by atoms with van der Waals surface area (Å²) < 4.78 is 0. The summed E-state index contributed by atoms with van der Waals surface area (Å²) >= 11 is 0. The maximum atomic E-state index is 11.2. The van der Waals surface area contributed by atoms with Gasteiger partial charge in [0, 0.05) is 13.1 Å². The van der Waals surface area contributed by atoms with Crippen molar-refractivity contribution in [3.05, 3.63) is 0 Å². The molecule has 1 saturated heterocycles. The molecule has 1 amide bonds. The van der Waals surface area contributed by atoms with Crippen LogP contribution in [-0.4, -0.2) is 60.6 Å². The van der Waals surface area contributed by atoms with E-state index in [0.29, 0.717) is 6.04 Å². The van der Waals surface area contributed by atoms with E-state index in [1.807, 2.05) is 0 Å². The standard InChI is InChI=1S/C9H18N2O2/c1-10-5-3-8(4-6-10)11(2)9(13)7-12/h8,12H,3-7H2,1-2H3. The minimum Gasteiger partial charge on any atom is -0.387 e. The first-order valence-corrected chi connectivity index (χ1v) is 4.70. The zero-order chi connectivity index (χ0) is 9.84. The van der Waals surface area contributed by atoms with Gasteiger partial charge in [-0.15, -0.1) is 0 Å². The Morgan fingerprint density at radius 3 is 2.54 bits per heavy atom. The van der Waals surface area contributed by atoms with Crippen LogP contribution in [0.3, 0.4) is 0 Å². The molecule has 4 nitrogen and oxygen atoms in total. The van der Waals surface area contributed by atoms with Gasteiger partial charge in [0.25, 0.3) is 0 Å². The highest BCUT2D eigenvalue weighted by molar-refractivity contribution is 5.77. The third-order valence-electron chi connectivity index (χ3n) is 2.76. The van der Waals surface area contributed by atoms with Gasteiger partial charge in [-0.1, -0.05) is 0 Å². The lowest BCUT2D eigenvalue weighted by Crippen LogP contribution is -2.45. The number of likely N-dealkylation sites (tertiary alicyclic amines) is 1. The third kappa shape index (κ3) is 2.67. The molecular weight excluding hydrogens is 168 g/mol. The lowest BCUT2D eigenvalue weighted by atomic mass is 10.0. The van der Waals surface area contributed by atoms with Gasteiger partial charge in [0.15, 0.2) is 0 Å². The minimum atomic E-state index is -0.372. The van der Waals surface area contributed by atoms with Crippen LogP contribution in [0.1, 0.15) is 12.8 Å². The van der Waals surface area contributed by atoms with Crippen LogP contribution in [0.25, 0.3) is 0 Å². The van der Waals surface area contributed by atoms with Crippen molar-refractivity contribution in [3.63, 3.8) is 0 Å². The Bertz CT molecular complexity index is 176. The van der Waals surface area contributed by atoms with Crippen molar-refractivity contribution in [2.45, 2.75) is 18.9 Å². The molecule has 0 spiro atoms. The molecule has 1 heterocycles. The number of nitrogens with zero attached hydrogens (tertiary/aromatic N) is 2. The van der Waals surface area contributed by atoms with Crippen molar-refractivity contribution >= 4 is 5.91 Å². The average Bonchev–Trinajstić information content (AvgIpc) is 2.17. The number of hydrogen-bond acceptors (Lipinski definition) is 3. The number of aliphatic hydroxyl groups excluding tert-OH is 1. The molecule has 0 atom stereocenters. The van der Waals surface area contributed by atoms with Crippen molar-refractivity contribution < 1.29 is 9.90 Å². The van der Waals surface area contributed by atoms with Gasteiger partial charge in [-0.05, 0) is 33.0 Å². The molecule has 0 aromatic rings. The molecule has 1 fully saturated rings. The summed E-state index contributed by atoms with van der Waals surface area (Å²) in [4.78, 5) is 15.1. The van der Waals surface area contributed by atoms with E-state index < -0.39 is 0 Å². The van der Waals surface area contributed by atoms with Crippen molar-refractivity contribution in [1.82, 2.24) is 9.80 Å². The second-order valence-corrected chi connectivity index (χ2v) is 3.70. The Morgan fingerprint density at radius 2 is 2.08 bits per heavy atom. The van der Waals surface area contributed by atoms with Crippen LogP contribution >= 0.6 is 0 Å². The number of likely N-dealkylation sites (N-methyl/N-ethyl adjacent to an activating group) is 1. The van der Waals surface area contributed by atoms with Crippen LogP contribution in [0, 0.1) is 0 Å². The second-order valence-electron chi connectivity index (χ2n) is 3.70. The summed E-state index contributed by atoms with van der Waals surface area (Å²) in [5, 5.41) is 8.69. The van der Waals surface area contributed by atoms with Crippen LogP contribution < -0.4 is 0 Å². The van der Waals surface area contributed by atoms with Gasteiger partial charge < -0.3 is 14.9 Å². The molecule has 0 aromatic carbocycles. The molecule has 13 heavy (non-hydrogen) atoms. The highest BCUT2D eigenvalue weighted by Crippen LogP contribution is 2.13. The highest BCUT2D eigenvalue weighted by atomic mass is 16.3. The number of amides is 1. The first-order valence-electron chi connectivity index (χ1n) is 4.70. The lowest BCUT2D eigenvalue weighted by Gasteiger charge is -2.34. The molecule has 0 radical (unpaired) electrons. The third-order valence-corrected chi connectivity index (χ3v) is 2.76. The Hall–Kier alpha value is -0.610. The fraction of sp³-hybridized carbons (Fsp3) is 0.889. The Kier molecular flexibility index (Phi) is 3.69. The normalized spacial score (nSPS) is 20.2. The zero-order valence-corrected chi connectivity index (χ0v) is 8.36. The first-order chi connectivity index (χ1) is 6.15. The average molecular weight is 186 g/mol. The maximum Gasteiger partial charge on any atom is 0.248 e. The van der Waals surface area contributed by atoms with Gasteiger partial charge in [-0.3, -0.25) is 4.79 Å². The van der Waals surface area contributed by atoms with Gasteiger partial charge >= 0.3 is 0 Å². The summed E-state index contributed by atoms with van der Waals surface area (Å²) in [5.41, 5.74) is 0. The fourth-order valence-corrected chi connectivity index (χ4v) is 1.70. The molecule has 0 bridgehead atoms. The molecule has 1 aliphatic heterocycles. The number of rotatable bonds is 2. The molecule has 0 unspecified atom stereocenters. The van der Waals surface area contributed by atoms with Gasteiger partial charge in [0.05, 0.1) is 0 Å². The van der Waals surface area contributed by atoms with Crippen LogP contribution in [0.2, 0.25) is 0 Å². The molecular formula is C9H18N2O2. The predicted molar refractivity (Wildman–Crippen MR) is 50.4 cm³/mol. The van der Waals surface area contributed by atoms with E-state index in [0.717, 1.165) is 25.9 Å². The van der Waals surface area contributed by atoms with Crippen LogP contribution in [0.15, 0.2) is 0 Å². The second kappa shape index (κ2) is 4.58. The van der Waals surface area contributed by atoms with Crippen molar-refractivity contribution in [1.29, 1.82) is 0 Å². The summed E-state index contributed by atoms with van der Waals surface area (Å²) in [7, 11) is 3.86. The number of piperidine rings is 1. The molecule has 1 N–H and O–H groups in total. The quantitative estimate of drug-likeness (QED) is 0.634. The summed E-state index contributed by atoms with van der Waals surface area (Å²) in [6.45, 7) is 1.70. The lowest BCUT2D eigenvalue weighted by molar-refractivity contribution is -0.135. The van der Waals surface area contributed by atoms with Gasteiger partial charge in [0.2, 0.25) is 5.91 Å². The molecule has 4 heteroatoms. The van der Waals surface area contributed by atoms with E-state index >= 15 is 0 Å². The fourth-order valence-electron chi connectivity index (χ4n) is 1.70. The molecule has 0 aromatic heterocycles. The van der Waals surface area contributed by atoms with E-state index in [1.54, 1.807) is 11.9 Å². The SMILES string of the molecule is CN1CCC(N(C)C(=O)CO)CC1. The zero-order valence-electron chi connectivity index (χ0n) is 8.36. The molecule has 76 valence electrons. The number of aliphatic hydroxyl groups is 1. The first kappa shape index (κ1) is 10.5. The monoisotopic (exact) mass is 186 g/mol. The Balaban J connectivity index is 2.39. The van der Waals surface area contributed by atoms with Gasteiger partial charge in [-0.2, -0.15) is 0 Å². The van der Waals surface area contributed by atoms with E-state index in [9.17, 15) is 4.79 Å². The number of carbonyl (C=O) groups is 1. The van der Waals surface area contributed by atoms with Crippen LogP contribution in [-0.2, 0) is 4.79 Å². The number of hydrogen-bond donors (Lipinski definition) is 1. The van der Waals surface area contributed by atoms with E-state index in [2.05, 4.69) is 11.9 Å². The van der Waals surface area contributed by atoms with Crippen molar-refractivity contribution in [2.24, 2.45) is 0 Å². The Labute approximate surface area is 79.1 Å².